The molecule has 1 unspecified atom stereocenters. The zero-order valence-corrected chi connectivity index (χ0v) is 12.0. The third-order valence-electron chi connectivity index (χ3n) is 1.28. The molecule has 0 heterocycles. The number of hydrogen-bond acceptors (Lipinski definition) is 7. The molecule has 0 aliphatic carbocycles. The van der Waals surface area contributed by atoms with Crippen molar-refractivity contribution < 1.29 is 44.7 Å². The quantitative estimate of drug-likeness (QED) is 0.332. The molecule has 0 aromatic carbocycles. The summed E-state index contributed by atoms with van der Waals surface area (Å²) < 4.78 is 0. The second kappa shape index (κ2) is 10.5. The number of carbonyl (C=O) groups is 4. The topological polar surface area (TPSA) is 175 Å². The molecule has 0 aromatic heterocycles. The van der Waals surface area contributed by atoms with Crippen LogP contribution in [0.5, 0.6) is 0 Å². The molecule has 0 spiro atoms. The van der Waals surface area contributed by atoms with E-state index in [1.54, 1.807) is 0 Å². The van der Waals surface area contributed by atoms with Crippen LogP contribution in [0.2, 0.25) is 0 Å². The minimum atomic E-state index is -2.80. The second-order valence-electron chi connectivity index (χ2n) is 2.55. The molecular weight excluding hydrogens is 316 g/mol. The van der Waals surface area contributed by atoms with Crippen LogP contribution in [-0.4, -0.2) is 90.8 Å². The van der Waals surface area contributed by atoms with Crippen LogP contribution in [0.3, 0.4) is 0 Å². The van der Waals surface area contributed by atoms with Crippen molar-refractivity contribution in [3.63, 3.8) is 0 Å². The predicted octanol–water partition coefficient (Wildman–Crippen LogP) is -4.60. The van der Waals surface area contributed by atoms with Gasteiger partial charge in [0, 0.05) is 18.9 Å². The first-order valence-corrected chi connectivity index (χ1v) is 3.62. The Morgan fingerprint density at radius 2 is 1.53 bits per heavy atom. The molecular formula is C7H8O9Sr. The molecule has 0 fully saturated rings. The van der Waals surface area contributed by atoms with Gasteiger partial charge in [0.25, 0.3) is 0 Å². The minimum absolute atomic E-state index is 0. The van der Waals surface area contributed by atoms with E-state index in [-0.39, 0.29) is 45.5 Å². The monoisotopic (exact) mass is 324 g/mol. The first-order valence-electron chi connectivity index (χ1n) is 3.62. The molecule has 92 valence electrons. The Morgan fingerprint density at radius 3 is 1.71 bits per heavy atom. The number of hydrogen-bond donors (Lipinski definition) is 3. The van der Waals surface area contributed by atoms with E-state index in [0.717, 1.165) is 0 Å². The summed E-state index contributed by atoms with van der Waals surface area (Å²) in [7, 11) is 0. The summed E-state index contributed by atoms with van der Waals surface area (Å²) in [5.74, 6) is -5.34. The normalized spacial score (nSPS) is 11.8. The summed E-state index contributed by atoms with van der Waals surface area (Å²) in [4.78, 5) is 38.6. The zero-order chi connectivity index (χ0) is 13.4. The number of carbonyl (C=O) groups excluding carboxylic acids is 2. The van der Waals surface area contributed by atoms with Gasteiger partial charge in [0.05, 0.1) is 6.42 Å². The van der Waals surface area contributed by atoms with E-state index in [9.17, 15) is 19.5 Å². The number of rotatable bonds is 5. The van der Waals surface area contributed by atoms with Gasteiger partial charge in [0.15, 0.2) is 5.60 Å². The van der Waals surface area contributed by atoms with Crippen molar-refractivity contribution in [3.8, 4) is 0 Å². The maximum Gasteiger partial charge on any atom is 2.00 e. The summed E-state index contributed by atoms with van der Waals surface area (Å²) in [5, 5.41) is 43.8. The Kier molecular flexibility index (Phi) is 13.3. The maximum absolute atomic E-state index is 10.3. The Bertz CT molecular complexity index is 271. The van der Waals surface area contributed by atoms with Crippen LogP contribution in [-0.2, 0) is 19.2 Å². The van der Waals surface area contributed by atoms with Crippen LogP contribution in [0, 0.1) is 0 Å². The van der Waals surface area contributed by atoms with E-state index in [0.29, 0.717) is 0 Å². The third kappa shape index (κ3) is 11.6. The Balaban J connectivity index is -0.000000440. The molecule has 0 radical (unpaired) electrons. The molecule has 10 heteroatoms. The molecule has 0 aliphatic heterocycles. The average Bonchev–Trinajstić information content (AvgIpc) is 2.01. The molecule has 9 nitrogen and oxygen atoms in total. The zero-order valence-electron chi connectivity index (χ0n) is 8.49. The van der Waals surface area contributed by atoms with Gasteiger partial charge >= 0.3 is 57.4 Å². The molecule has 0 bridgehead atoms. The van der Waals surface area contributed by atoms with Crippen molar-refractivity contribution >= 4 is 69.9 Å². The standard InChI is InChI=1S/C6H8O7.CH2O2.Sr/c7-3(8)1-6(13,5(11)12)2-4(9)10;2-1-3;/h13H,1-2H2,(H,7,8)(H,9,10)(H,11,12);1H,(H,2,3);/q;;+2/p-2. The van der Waals surface area contributed by atoms with Crippen molar-refractivity contribution in [2.24, 2.45) is 0 Å². The first kappa shape index (κ1) is 21.6. The Labute approximate surface area is 132 Å². The molecule has 3 N–H and O–H groups in total. The molecule has 0 aromatic rings. The summed E-state index contributed by atoms with van der Waals surface area (Å²) in [6, 6.07) is 0. The fourth-order valence-corrected chi connectivity index (χ4v) is 0.703. The predicted molar refractivity (Wildman–Crippen MR) is 46.3 cm³/mol. The largest absolute Gasteiger partial charge is 2.00 e. The van der Waals surface area contributed by atoms with E-state index in [2.05, 4.69) is 0 Å². The second-order valence-corrected chi connectivity index (χ2v) is 2.55. The summed E-state index contributed by atoms with van der Waals surface area (Å²) in [6.45, 7) is -0.500. The number of aliphatic carboxylic acids is 3. The maximum atomic E-state index is 10.3. The van der Waals surface area contributed by atoms with Crippen LogP contribution >= 0.6 is 0 Å². The smallest absolute Gasteiger partial charge is 0.554 e. The van der Waals surface area contributed by atoms with Gasteiger partial charge in [-0.2, -0.15) is 0 Å². The van der Waals surface area contributed by atoms with Gasteiger partial charge < -0.3 is 35.1 Å². The fraction of sp³-hybridized carbons (Fsp3) is 0.429. The van der Waals surface area contributed by atoms with Crippen molar-refractivity contribution in [2.45, 2.75) is 18.4 Å². The molecule has 0 saturated heterocycles. The molecule has 1 atom stereocenters. The van der Waals surface area contributed by atoms with Crippen molar-refractivity contribution in [3.05, 3.63) is 0 Å². The number of carboxylic acid groups (broad SMARTS) is 4. The number of aliphatic hydroxyl groups is 1. The first-order chi connectivity index (χ1) is 7.19. The average molecular weight is 324 g/mol. The van der Waals surface area contributed by atoms with Gasteiger partial charge in [-0.25, -0.2) is 4.79 Å². The summed E-state index contributed by atoms with van der Waals surface area (Å²) in [5.41, 5.74) is -2.80. The SMILES string of the molecule is O=C([O-])CC(O)(CC(=O)O)C(=O)O.O=C[O-].[Sr+2]. The van der Waals surface area contributed by atoms with E-state index in [1.165, 1.54) is 0 Å². The summed E-state index contributed by atoms with van der Waals surface area (Å²) in [6.07, 6.45) is -2.44. The van der Waals surface area contributed by atoms with Crippen molar-refractivity contribution in [1.29, 1.82) is 0 Å². The van der Waals surface area contributed by atoms with Crippen LogP contribution in [0.15, 0.2) is 0 Å². The summed E-state index contributed by atoms with van der Waals surface area (Å²) >= 11 is 0. The van der Waals surface area contributed by atoms with Gasteiger partial charge in [-0.1, -0.05) is 0 Å². The van der Waals surface area contributed by atoms with Crippen LogP contribution in [0.4, 0.5) is 0 Å². The van der Waals surface area contributed by atoms with Gasteiger partial charge in [0.1, 0.15) is 0 Å². The molecule has 0 rings (SSSR count). The van der Waals surface area contributed by atoms with Crippen LogP contribution in [0.25, 0.3) is 0 Å². The molecule has 0 amide bonds. The molecule has 0 saturated carbocycles. The van der Waals surface area contributed by atoms with Crippen molar-refractivity contribution in [2.75, 3.05) is 0 Å². The minimum Gasteiger partial charge on any atom is -0.554 e. The van der Waals surface area contributed by atoms with E-state index in [1.807, 2.05) is 0 Å². The van der Waals surface area contributed by atoms with Gasteiger partial charge in [0.2, 0.25) is 0 Å². The van der Waals surface area contributed by atoms with E-state index in [4.69, 9.17) is 25.2 Å². The van der Waals surface area contributed by atoms with Crippen molar-refractivity contribution in [1.82, 2.24) is 0 Å². The Hall–Kier alpha value is -0.679. The van der Waals surface area contributed by atoms with E-state index >= 15 is 0 Å². The fourth-order valence-electron chi connectivity index (χ4n) is 0.703. The van der Waals surface area contributed by atoms with Gasteiger partial charge in [-0.15, -0.1) is 0 Å². The van der Waals surface area contributed by atoms with Gasteiger partial charge in [-0.05, 0) is 0 Å². The molecule has 17 heavy (non-hydrogen) atoms. The van der Waals surface area contributed by atoms with E-state index < -0.39 is 42.8 Å². The van der Waals surface area contributed by atoms with Crippen LogP contribution in [0.1, 0.15) is 12.8 Å². The van der Waals surface area contributed by atoms with Gasteiger partial charge in [-0.3, -0.25) is 4.79 Å². The third-order valence-corrected chi connectivity index (χ3v) is 1.28. The number of carboxylic acids is 3. The van der Waals surface area contributed by atoms with Crippen LogP contribution < -0.4 is 10.2 Å². The Morgan fingerprint density at radius 1 is 1.18 bits per heavy atom. The molecule has 0 aliphatic rings.